The number of hydrogen-bond acceptors (Lipinski definition) is 3. The van der Waals surface area contributed by atoms with Gasteiger partial charge in [0.15, 0.2) is 0 Å². The highest BCUT2D eigenvalue weighted by Crippen LogP contribution is 2.25. The van der Waals surface area contributed by atoms with Gasteiger partial charge in [-0.1, -0.05) is 36.2 Å². The van der Waals surface area contributed by atoms with Crippen LogP contribution in [0, 0.1) is 13.8 Å². The van der Waals surface area contributed by atoms with Crippen molar-refractivity contribution in [1.82, 2.24) is 5.43 Å². The number of aryl methyl sites for hydroxylation is 3. The second-order valence-corrected chi connectivity index (χ2v) is 4.68. The summed E-state index contributed by atoms with van der Waals surface area (Å²) in [5, 5.41) is 0. The fourth-order valence-corrected chi connectivity index (χ4v) is 2.26. The molecule has 3 nitrogen and oxygen atoms in total. The largest absolute Gasteiger partial charge is 0.464 e. The minimum absolute atomic E-state index is 0.0936. The monoisotopic (exact) mass is 244 g/mol. The average Bonchev–Trinajstić information content (AvgIpc) is 2.77. The molecule has 1 atom stereocenters. The summed E-state index contributed by atoms with van der Waals surface area (Å²) < 4.78 is 5.78. The number of furan rings is 1. The predicted molar refractivity (Wildman–Crippen MR) is 73.2 cm³/mol. The first-order valence-electron chi connectivity index (χ1n) is 6.27. The zero-order valence-corrected chi connectivity index (χ0v) is 11.2. The van der Waals surface area contributed by atoms with Crippen LogP contribution in [0.1, 0.15) is 41.2 Å². The molecule has 3 heteroatoms. The first-order chi connectivity index (χ1) is 8.63. The van der Waals surface area contributed by atoms with Gasteiger partial charge in [-0.15, -0.1) is 0 Å². The first kappa shape index (κ1) is 12.9. The zero-order valence-electron chi connectivity index (χ0n) is 11.2. The summed E-state index contributed by atoms with van der Waals surface area (Å²) in [6.45, 7) is 6.25. The van der Waals surface area contributed by atoms with Gasteiger partial charge in [-0.3, -0.25) is 5.84 Å². The third-order valence-corrected chi connectivity index (χ3v) is 3.06. The number of hydrogen-bond donors (Lipinski definition) is 2. The second-order valence-electron chi connectivity index (χ2n) is 4.68. The Hall–Kier alpha value is -1.58. The molecule has 2 rings (SSSR count). The molecular weight excluding hydrogens is 224 g/mol. The highest BCUT2D eigenvalue weighted by atomic mass is 16.3. The Morgan fingerprint density at radius 1 is 1.17 bits per heavy atom. The van der Waals surface area contributed by atoms with Crippen molar-refractivity contribution in [2.75, 3.05) is 0 Å². The Bertz CT molecular complexity index is 511. The smallest absolute Gasteiger partial charge is 0.126 e. The fourth-order valence-electron chi connectivity index (χ4n) is 2.26. The summed E-state index contributed by atoms with van der Waals surface area (Å²) in [5.74, 6) is 7.52. The van der Waals surface area contributed by atoms with Gasteiger partial charge in [-0.25, -0.2) is 5.43 Å². The van der Waals surface area contributed by atoms with Gasteiger partial charge < -0.3 is 4.42 Å². The van der Waals surface area contributed by atoms with Crippen LogP contribution in [-0.2, 0) is 6.42 Å². The van der Waals surface area contributed by atoms with Gasteiger partial charge in [-0.05, 0) is 31.5 Å². The van der Waals surface area contributed by atoms with E-state index in [9.17, 15) is 0 Å². The van der Waals surface area contributed by atoms with Crippen molar-refractivity contribution < 1.29 is 4.42 Å². The Labute approximate surface area is 108 Å². The maximum Gasteiger partial charge on any atom is 0.126 e. The standard InChI is InChI=1S/C15H20N2O/c1-4-13-5-6-14(18-13)15(17-16)12-8-10(2)7-11(3)9-12/h5-9,15,17H,4,16H2,1-3H3. The van der Waals surface area contributed by atoms with Crippen molar-refractivity contribution in [3.8, 4) is 0 Å². The van der Waals surface area contributed by atoms with Crippen LogP contribution in [0.3, 0.4) is 0 Å². The van der Waals surface area contributed by atoms with Gasteiger partial charge in [0.2, 0.25) is 0 Å². The van der Waals surface area contributed by atoms with E-state index < -0.39 is 0 Å². The van der Waals surface area contributed by atoms with Crippen LogP contribution in [0.25, 0.3) is 0 Å². The maximum absolute atomic E-state index is 5.78. The summed E-state index contributed by atoms with van der Waals surface area (Å²) in [4.78, 5) is 0. The molecule has 1 heterocycles. The topological polar surface area (TPSA) is 51.2 Å². The quantitative estimate of drug-likeness (QED) is 0.642. The highest BCUT2D eigenvalue weighted by Gasteiger charge is 2.16. The third kappa shape index (κ3) is 2.63. The molecule has 0 amide bonds. The molecular formula is C15H20N2O. The fraction of sp³-hybridized carbons (Fsp3) is 0.333. The van der Waals surface area contributed by atoms with E-state index in [4.69, 9.17) is 10.3 Å². The first-order valence-corrected chi connectivity index (χ1v) is 6.27. The van der Waals surface area contributed by atoms with E-state index >= 15 is 0 Å². The molecule has 3 N–H and O–H groups in total. The third-order valence-electron chi connectivity index (χ3n) is 3.06. The van der Waals surface area contributed by atoms with E-state index in [-0.39, 0.29) is 6.04 Å². The van der Waals surface area contributed by atoms with Crippen molar-refractivity contribution in [3.63, 3.8) is 0 Å². The normalized spacial score (nSPS) is 12.7. The van der Waals surface area contributed by atoms with Crippen LogP contribution in [0.4, 0.5) is 0 Å². The summed E-state index contributed by atoms with van der Waals surface area (Å²) in [6, 6.07) is 10.3. The Morgan fingerprint density at radius 3 is 2.33 bits per heavy atom. The Kier molecular flexibility index (Phi) is 3.84. The molecule has 0 saturated heterocycles. The molecule has 1 aromatic heterocycles. The molecule has 0 bridgehead atoms. The number of benzene rings is 1. The number of hydrazine groups is 1. The number of nitrogens with two attached hydrogens (primary N) is 1. The SMILES string of the molecule is CCc1ccc(C(NN)c2cc(C)cc(C)c2)o1. The molecule has 0 radical (unpaired) electrons. The molecule has 0 fully saturated rings. The lowest BCUT2D eigenvalue weighted by Gasteiger charge is -2.15. The van der Waals surface area contributed by atoms with E-state index in [0.717, 1.165) is 23.5 Å². The maximum atomic E-state index is 5.78. The van der Waals surface area contributed by atoms with Crippen LogP contribution in [0.5, 0.6) is 0 Å². The minimum Gasteiger partial charge on any atom is -0.464 e. The molecule has 0 aliphatic carbocycles. The summed E-state index contributed by atoms with van der Waals surface area (Å²) in [7, 11) is 0. The predicted octanol–water partition coefficient (Wildman–Crippen LogP) is 3.01. The lowest BCUT2D eigenvalue weighted by Crippen LogP contribution is -2.28. The van der Waals surface area contributed by atoms with E-state index in [0.29, 0.717) is 0 Å². The van der Waals surface area contributed by atoms with Crippen LogP contribution < -0.4 is 11.3 Å². The Balaban J connectivity index is 2.38. The van der Waals surface area contributed by atoms with Crippen LogP contribution in [0.15, 0.2) is 34.7 Å². The molecule has 2 aromatic rings. The van der Waals surface area contributed by atoms with Gasteiger partial charge in [0.1, 0.15) is 17.6 Å². The van der Waals surface area contributed by atoms with Crippen LogP contribution in [0.2, 0.25) is 0 Å². The number of nitrogens with one attached hydrogen (secondary N) is 1. The van der Waals surface area contributed by atoms with E-state index in [1.54, 1.807) is 0 Å². The molecule has 0 aliphatic rings. The lowest BCUT2D eigenvalue weighted by molar-refractivity contribution is 0.425. The molecule has 0 saturated carbocycles. The summed E-state index contributed by atoms with van der Waals surface area (Å²) >= 11 is 0. The lowest BCUT2D eigenvalue weighted by atomic mass is 10.0. The van der Waals surface area contributed by atoms with Gasteiger partial charge in [-0.2, -0.15) is 0 Å². The van der Waals surface area contributed by atoms with E-state index in [2.05, 4.69) is 44.4 Å². The minimum atomic E-state index is -0.0936. The molecule has 18 heavy (non-hydrogen) atoms. The van der Waals surface area contributed by atoms with Crippen molar-refractivity contribution >= 4 is 0 Å². The van der Waals surface area contributed by atoms with Crippen molar-refractivity contribution in [2.24, 2.45) is 5.84 Å². The molecule has 0 aliphatic heterocycles. The molecule has 1 aromatic carbocycles. The zero-order chi connectivity index (χ0) is 13.1. The average molecular weight is 244 g/mol. The van der Waals surface area contributed by atoms with Gasteiger partial charge in [0.05, 0.1) is 0 Å². The van der Waals surface area contributed by atoms with Crippen LogP contribution >= 0.6 is 0 Å². The van der Waals surface area contributed by atoms with Gasteiger partial charge in [0, 0.05) is 6.42 Å². The van der Waals surface area contributed by atoms with Crippen molar-refractivity contribution in [2.45, 2.75) is 33.2 Å². The molecule has 96 valence electrons. The van der Waals surface area contributed by atoms with E-state index in [1.807, 2.05) is 12.1 Å². The number of rotatable bonds is 4. The Morgan fingerprint density at radius 2 is 1.83 bits per heavy atom. The molecule has 0 spiro atoms. The molecule has 1 unspecified atom stereocenters. The van der Waals surface area contributed by atoms with Crippen molar-refractivity contribution in [1.29, 1.82) is 0 Å². The van der Waals surface area contributed by atoms with Gasteiger partial charge in [0.25, 0.3) is 0 Å². The highest BCUT2D eigenvalue weighted by molar-refractivity contribution is 5.34. The second kappa shape index (κ2) is 5.38. The summed E-state index contributed by atoms with van der Waals surface area (Å²) in [5.41, 5.74) is 6.42. The van der Waals surface area contributed by atoms with Crippen LogP contribution in [-0.4, -0.2) is 0 Å². The summed E-state index contributed by atoms with van der Waals surface area (Å²) in [6.07, 6.45) is 0.893. The van der Waals surface area contributed by atoms with Gasteiger partial charge >= 0.3 is 0 Å². The van der Waals surface area contributed by atoms with Crippen molar-refractivity contribution in [3.05, 3.63) is 58.5 Å². The van der Waals surface area contributed by atoms with E-state index in [1.165, 1.54) is 11.1 Å².